The van der Waals surface area contributed by atoms with Crippen molar-refractivity contribution in [3.8, 4) is 5.75 Å². The lowest BCUT2D eigenvalue weighted by Gasteiger charge is -2.21. The van der Waals surface area contributed by atoms with Gasteiger partial charge in [0.15, 0.2) is 0 Å². The smallest absolute Gasteiger partial charge is 0.120 e. The standard InChI is InChI=1S/C17H20ClNO/c1-12(11-14-7-3-5-9-16(14)18)19-13(2)15-8-4-6-10-17(15)20/h3-10,12-13,19-20H,11H2,1-2H3. The first-order chi connectivity index (χ1) is 9.58. The number of hydrogen-bond donors (Lipinski definition) is 2. The Morgan fingerprint density at radius 1 is 1.05 bits per heavy atom. The minimum atomic E-state index is 0.0914. The Labute approximate surface area is 125 Å². The first-order valence-corrected chi connectivity index (χ1v) is 7.23. The second-order valence-corrected chi connectivity index (χ2v) is 5.55. The van der Waals surface area contributed by atoms with E-state index >= 15 is 0 Å². The summed E-state index contributed by atoms with van der Waals surface area (Å²) in [7, 11) is 0. The summed E-state index contributed by atoms with van der Waals surface area (Å²) in [5.74, 6) is 0.331. The quantitative estimate of drug-likeness (QED) is 0.859. The predicted octanol–water partition coefficient (Wildman–Crippen LogP) is 4.33. The minimum absolute atomic E-state index is 0.0914. The van der Waals surface area contributed by atoms with Crippen LogP contribution in [0.1, 0.15) is 31.0 Å². The van der Waals surface area contributed by atoms with Crippen LogP contribution in [0.2, 0.25) is 5.02 Å². The molecule has 2 atom stereocenters. The molecule has 2 nitrogen and oxygen atoms in total. The van der Waals surface area contributed by atoms with Gasteiger partial charge in [0, 0.05) is 22.7 Å². The molecule has 0 saturated heterocycles. The molecule has 0 amide bonds. The number of halogens is 1. The Morgan fingerprint density at radius 2 is 1.70 bits per heavy atom. The van der Waals surface area contributed by atoms with Crippen LogP contribution in [0.3, 0.4) is 0 Å². The summed E-state index contributed by atoms with van der Waals surface area (Å²) in [5.41, 5.74) is 2.05. The van der Waals surface area contributed by atoms with Gasteiger partial charge in [-0.15, -0.1) is 0 Å². The van der Waals surface area contributed by atoms with E-state index < -0.39 is 0 Å². The molecule has 20 heavy (non-hydrogen) atoms. The van der Waals surface area contributed by atoms with Gasteiger partial charge in [0.1, 0.15) is 5.75 Å². The van der Waals surface area contributed by atoms with Gasteiger partial charge in [0.25, 0.3) is 0 Å². The van der Waals surface area contributed by atoms with Crippen molar-refractivity contribution in [1.82, 2.24) is 5.32 Å². The number of hydrogen-bond acceptors (Lipinski definition) is 2. The Morgan fingerprint density at radius 3 is 2.40 bits per heavy atom. The molecule has 0 fully saturated rings. The maximum Gasteiger partial charge on any atom is 0.120 e. The average molecular weight is 290 g/mol. The zero-order chi connectivity index (χ0) is 14.5. The molecule has 2 unspecified atom stereocenters. The highest BCUT2D eigenvalue weighted by Crippen LogP contribution is 2.24. The van der Waals surface area contributed by atoms with Crippen molar-refractivity contribution >= 4 is 11.6 Å². The summed E-state index contributed by atoms with van der Waals surface area (Å²) >= 11 is 6.18. The number of phenolic OH excluding ortho intramolecular Hbond substituents is 1. The van der Waals surface area contributed by atoms with Crippen molar-refractivity contribution in [3.05, 3.63) is 64.7 Å². The van der Waals surface area contributed by atoms with E-state index in [1.54, 1.807) is 6.07 Å². The molecule has 0 heterocycles. The Kier molecular flexibility index (Phi) is 5.05. The number of para-hydroxylation sites is 1. The van der Waals surface area contributed by atoms with Crippen LogP contribution in [0.25, 0.3) is 0 Å². The molecule has 0 radical (unpaired) electrons. The maximum absolute atomic E-state index is 9.87. The van der Waals surface area contributed by atoms with Crippen LogP contribution < -0.4 is 5.32 Å². The molecule has 106 valence electrons. The molecular formula is C17H20ClNO. The second kappa shape index (κ2) is 6.78. The van der Waals surface area contributed by atoms with Crippen LogP contribution in [-0.2, 0) is 6.42 Å². The highest BCUT2D eigenvalue weighted by atomic mass is 35.5. The SMILES string of the molecule is CC(Cc1ccccc1Cl)NC(C)c1ccccc1O. The fraction of sp³-hybridized carbons (Fsp3) is 0.294. The highest BCUT2D eigenvalue weighted by Gasteiger charge is 2.13. The minimum Gasteiger partial charge on any atom is -0.508 e. The third kappa shape index (κ3) is 3.75. The van der Waals surface area contributed by atoms with E-state index in [0.717, 1.165) is 22.6 Å². The number of rotatable bonds is 5. The molecule has 0 bridgehead atoms. The summed E-state index contributed by atoms with van der Waals surface area (Å²) in [6, 6.07) is 15.7. The summed E-state index contributed by atoms with van der Waals surface area (Å²) in [6.07, 6.45) is 0.859. The molecule has 0 aliphatic carbocycles. The lowest BCUT2D eigenvalue weighted by atomic mass is 10.0. The number of benzene rings is 2. The van der Waals surface area contributed by atoms with Crippen LogP contribution >= 0.6 is 11.6 Å². The normalized spacial score (nSPS) is 13.9. The van der Waals surface area contributed by atoms with E-state index in [0.29, 0.717) is 5.75 Å². The van der Waals surface area contributed by atoms with Gasteiger partial charge in [-0.25, -0.2) is 0 Å². The monoisotopic (exact) mass is 289 g/mol. The largest absolute Gasteiger partial charge is 0.508 e. The topological polar surface area (TPSA) is 32.3 Å². The van der Waals surface area contributed by atoms with Crippen LogP contribution in [0.15, 0.2) is 48.5 Å². The van der Waals surface area contributed by atoms with Gasteiger partial charge in [0.2, 0.25) is 0 Å². The average Bonchev–Trinajstić information content (AvgIpc) is 2.41. The highest BCUT2D eigenvalue weighted by molar-refractivity contribution is 6.31. The lowest BCUT2D eigenvalue weighted by Crippen LogP contribution is -2.30. The fourth-order valence-electron chi connectivity index (χ4n) is 2.42. The molecular weight excluding hydrogens is 270 g/mol. The zero-order valence-electron chi connectivity index (χ0n) is 11.8. The predicted molar refractivity (Wildman–Crippen MR) is 84.3 cm³/mol. The molecule has 3 heteroatoms. The van der Waals surface area contributed by atoms with E-state index in [4.69, 9.17) is 11.6 Å². The molecule has 2 rings (SSSR count). The van der Waals surface area contributed by atoms with Crippen molar-refractivity contribution in [2.45, 2.75) is 32.4 Å². The van der Waals surface area contributed by atoms with Gasteiger partial charge >= 0.3 is 0 Å². The maximum atomic E-state index is 9.87. The van der Waals surface area contributed by atoms with Crippen LogP contribution in [0.4, 0.5) is 0 Å². The van der Waals surface area contributed by atoms with Crippen molar-refractivity contribution in [3.63, 3.8) is 0 Å². The van der Waals surface area contributed by atoms with Crippen molar-refractivity contribution in [2.75, 3.05) is 0 Å². The summed E-state index contributed by atoms with van der Waals surface area (Å²) in [5, 5.41) is 14.2. The molecule has 0 spiro atoms. The Bertz CT molecular complexity index is 570. The molecule has 0 aromatic heterocycles. The van der Waals surface area contributed by atoms with Gasteiger partial charge in [0.05, 0.1) is 0 Å². The lowest BCUT2D eigenvalue weighted by molar-refractivity contribution is 0.433. The van der Waals surface area contributed by atoms with Gasteiger partial charge in [-0.05, 0) is 38.0 Å². The van der Waals surface area contributed by atoms with Crippen molar-refractivity contribution < 1.29 is 5.11 Å². The number of aromatic hydroxyl groups is 1. The molecule has 0 aliphatic heterocycles. The number of nitrogens with one attached hydrogen (secondary N) is 1. The van der Waals surface area contributed by atoms with Crippen LogP contribution in [-0.4, -0.2) is 11.1 Å². The van der Waals surface area contributed by atoms with E-state index in [2.05, 4.69) is 19.2 Å². The van der Waals surface area contributed by atoms with Gasteiger partial charge in [-0.3, -0.25) is 0 Å². The third-order valence-corrected chi connectivity index (χ3v) is 3.79. The molecule has 0 saturated carbocycles. The Balaban J connectivity index is 2.00. The summed E-state index contributed by atoms with van der Waals surface area (Å²) in [4.78, 5) is 0. The third-order valence-electron chi connectivity index (χ3n) is 3.42. The van der Waals surface area contributed by atoms with E-state index in [1.165, 1.54) is 0 Å². The second-order valence-electron chi connectivity index (χ2n) is 5.14. The van der Waals surface area contributed by atoms with E-state index in [9.17, 15) is 5.11 Å². The Hall–Kier alpha value is -1.51. The summed E-state index contributed by atoms with van der Waals surface area (Å²) in [6.45, 7) is 4.18. The molecule has 2 aromatic rings. The first kappa shape index (κ1) is 14.9. The van der Waals surface area contributed by atoms with Crippen molar-refractivity contribution in [1.29, 1.82) is 0 Å². The van der Waals surface area contributed by atoms with Crippen LogP contribution in [0.5, 0.6) is 5.75 Å². The molecule has 2 aromatic carbocycles. The molecule has 0 aliphatic rings. The number of phenols is 1. The van der Waals surface area contributed by atoms with Crippen molar-refractivity contribution in [2.24, 2.45) is 0 Å². The van der Waals surface area contributed by atoms with Gasteiger partial charge < -0.3 is 10.4 Å². The van der Waals surface area contributed by atoms with Gasteiger partial charge in [-0.1, -0.05) is 48.0 Å². The van der Waals surface area contributed by atoms with E-state index in [-0.39, 0.29) is 12.1 Å². The van der Waals surface area contributed by atoms with E-state index in [1.807, 2.05) is 42.5 Å². The zero-order valence-corrected chi connectivity index (χ0v) is 12.6. The van der Waals surface area contributed by atoms with Gasteiger partial charge in [-0.2, -0.15) is 0 Å². The molecule has 2 N–H and O–H groups in total. The van der Waals surface area contributed by atoms with Crippen LogP contribution in [0, 0.1) is 0 Å². The summed E-state index contributed by atoms with van der Waals surface area (Å²) < 4.78 is 0. The first-order valence-electron chi connectivity index (χ1n) is 6.85. The fourth-order valence-corrected chi connectivity index (χ4v) is 2.64.